The van der Waals surface area contributed by atoms with Crippen molar-refractivity contribution in [2.75, 3.05) is 6.54 Å². The second-order valence-corrected chi connectivity index (χ2v) is 7.45. The summed E-state index contributed by atoms with van der Waals surface area (Å²) < 4.78 is 5.81. The van der Waals surface area contributed by atoms with Gasteiger partial charge >= 0.3 is 0 Å². The number of fused-ring (bicyclic) bond motifs is 1. The molecule has 0 bridgehead atoms. The SMILES string of the molecule is C[C@@H]1c2ccsc2CCN1Cc1nnc(C(C)(C)C)o1. The second-order valence-electron chi connectivity index (χ2n) is 6.45. The molecule has 0 aliphatic carbocycles. The minimum Gasteiger partial charge on any atom is -0.423 e. The van der Waals surface area contributed by atoms with E-state index in [1.807, 2.05) is 11.3 Å². The molecule has 2 aromatic heterocycles. The van der Waals surface area contributed by atoms with Crippen molar-refractivity contribution < 1.29 is 4.42 Å². The summed E-state index contributed by atoms with van der Waals surface area (Å²) >= 11 is 1.87. The second kappa shape index (κ2) is 4.97. The highest BCUT2D eigenvalue weighted by atomic mass is 32.1. The van der Waals surface area contributed by atoms with E-state index in [1.54, 1.807) is 0 Å². The van der Waals surface area contributed by atoms with Crippen LogP contribution >= 0.6 is 11.3 Å². The van der Waals surface area contributed by atoms with Gasteiger partial charge in [-0.15, -0.1) is 21.5 Å². The quantitative estimate of drug-likeness (QED) is 0.848. The zero-order chi connectivity index (χ0) is 14.3. The van der Waals surface area contributed by atoms with Crippen LogP contribution in [-0.4, -0.2) is 21.6 Å². The Balaban J connectivity index is 1.74. The Bertz CT molecular complexity index is 596. The van der Waals surface area contributed by atoms with Crippen molar-refractivity contribution in [3.8, 4) is 0 Å². The maximum Gasteiger partial charge on any atom is 0.230 e. The zero-order valence-corrected chi connectivity index (χ0v) is 13.3. The van der Waals surface area contributed by atoms with Crippen LogP contribution in [0.5, 0.6) is 0 Å². The lowest BCUT2D eigenvalue weighted by atomic mass is 9.97. The molecule has 1 atom stereocenters. The molecular formula is C15H21N3OS. The summed E-state index contributed by atoms with van der Waals surface area (Å²) in [6.07, 6.45) is 1.12. The van der Waals surface area contributed by atoms with Crippen LogP contribution in [0.2, 0.25) is 0 Å². The van der Waals surface area contributed by atoms with Gasteiger partial charge in [0, 0.05) is 22.9 Å². The monoisotopic (exact) mass is 291 g/mol. The fraction of sp³-hybridized carbons (Fsp3) is 0.600. The van der Waals surface area contributed by atoms with Crippen molar-refractivity contribution in [1.82, 2.24) is 15.1 Å². The molecule has 0 spiro atoms. The molecule has 1 aliphatic heterocycles. The van der Waals surface area contributed by atoms with Gasteiger partial charge in [-0.3, -0.25) is 4.90 Å². The summed E-state index contributed by atoms with van der Waals surface area (Å²) in [5.74, 6) is 1.44. The third-order valence-electron chi connectivity index (χ3n) is 3.85. The predicted molar refractivity (Wildman–Crippen MR) is 79.8 cm³/mol. The number of hydrogen-bond donors (Lipinski definition) is 0. The van der Waals surface area contributed by atoms with Gasteiger partial charge in [-0.1, -0.05) is 20.8 Å². The average molecular weight is 291 g/mol. The molecule has 0 N–H and O–H groups in total. The Morgan fingerprint density at radius 1 is 1.40 bits per heavy atom. The summed E-state index contributed by atoms with van der Waals surface area (Å²) in [5.41, 5.74) is 1.37. The molecule has 0 saturated heterocycles. The molecule has 0 radical (unpaired) electrons. The molecule has 0 fully saturated rings. The lowest BCUT2D eigenvalue weighted by molar-refractivity contribution is 0.170. The van der Waals surface area contributed by atoms with Crippen LogP contribution < -0.4 is 0 Å². The number of rotatable bonds is 2. The van der Waals surface area contributed by atoms with Gasteiger partial charge in [-0.25, -0.2) is 0 Å². The Labute approximate surface area is 123 Å². The van der Waals surface area contributed by atoms with Crippen LogP contribution in [0.15, 0.2) is 15.9 Å². The fourth-order valence-corrected chi connectivity index (χ4v) is 3.53. The summed E-state index contributed by atoms with van der Waals surface area (Å²) in [7, 11) is 0. The normalized spacial score (nSPS) is 20.1. The molecule has 0 aromatic carbocycles. The van der Waals surface area contributed by atoms with E-state index >= 15 is 0 Å². The predicted octanol–water partition coefficient (Wildman–Crippen LogP) is 3.55. The highest BCUT2D eigenvalue weighted by Gasteiger charge is 2.27. The van der Waals surface area contributed by atoms with Gasteiger partial charge in [0.25, 0.3) is 0 Å². The van der Waals surface area contributed by atoms with Gasteiger partial charge in [-0.2, -0.15) is 0 Å². The molecule has 0 amide bonds. The highest BCUT2D eigenvalue weighted by molar-refractivity contribution is 7.10. The van der Waals surface area contributed by atoms with Crippen molar-refractivity contribution in [3.63, 3.8) is 0 Å². The van der Waals surface area contributed by atoms with Crippen LogP contribution in [0, 0.1) is 0 Å². The molecule has 2 aromatic rings. The molecule has 0 unspecified atom stereocenters. The third kappa shape index (κ3) is 2.52. The van der Waals surface area contributed by atoms with Crippen LogP contribution in [-0.2, 0) is 18.4 Å². The van der Waals surface area contributed by atoms with Gasteiger partial charge in [0.05, 0.1) is 6.54 Å². The molecule has 4 nitrogen and oxygen atoms in total. The van der Waals surface area contributed by atoms with Crippen LogP contribution in [0.1, 0.15) is 56.0 Å². The van der Waals surface area contributed by atoms with E-state index < -0.39 is 0 Å². The number of hydrogen-bond acceptors (Lipinski definition) is 5. The van der Waals surface area contributed by atoms with Gasteiger partial charge in [0.2, 0.25) is 11.8 Å². The zero-order valence-electron chi connectivity index (χ0n) is 12.5. The van der Waals surface area contributed by atoms with E-state index in [1.165, 1.54) is 10.4 Å². The Hall–Kier alpha value is -1.20. The van der Waals surface area contributed by atoms with E-state index in [4.69, 9.17) is 4.42 Å². The van der Waals surface area contributed by atoms with Crippen molar-refractivity contribution in [2.24, 2.45) is 0 Å². The summed E-state index contributed by atoms with van der Waals surface area (Å²) in [4.78, 5) is 3.93. The van der Waals surface area contributed by atoms with Gasteiger partial charge in [-0.05, 0) is 30.4 Å². The number of thiophene rings is 1. The number of aromatic nitrogens is 2. The lowest BCUT2D eigenvalue weighted by Gasteiger charge is -2.32. The molecule has 0 saturated carbocycles. The van der Waals surface area contributed by atoms with Crippen molar-refractivity contribution in [1.29, 1.82) is 0 Å². The largest absolute Gasteiger partial charge is 0.423 e. The standard InChI is InChI=1S/C15H21N3OS/c1-10-11-6-8-20-12(11)5-7-18(10)9-13-16-17-14(19-13)15(2,3)4/h6,8,10H,5,7,9H2,1-4H3/t10-/m1/s1. The summed E-state index contributed by atoms with van der Waals surface area (Å²) in [5, 5.41) is 10.6. The van der Waals surface area contributed by atoms with Crippen LogP contribution in [0.4, 0.5) is 0 Å². The molecule has 20 heavy (non-hydrogen) atoms. The summed E-state index contributed by atoms with van der Waals surface area (Å²) in [6.45, 7) is 10.3. The van der Waals surface area contributed by atoms with E-state index in [-0.39, 0.29) is 5.41 Å². The maximum atomic E-state index is 5.81. The van der Waals surface area contributed by atoms with Gasteiger partial charge in [0.1, 0.15) is 0 Å². The fourth-order valence-electron chi connectivity index (χ4n) is 2.57. The molecule has 5 heteroatoms. The Morgan fingerprint density at radius 2 is 2.20 bits per heavy atom. The van der Waals surface area contributed by atoms with E-state index in [0.29, 0.717) is 11.9 Å². The van der Waals surface area contributed by atoms with Crippen molar-refractivity contribution >= 4 is 11.3 Å². The topological polar surface area (TPSA) is 42.2 Å². The van der Waals surface area contributed by atoms with Gasteiger partial charge in [0.15, 0.2) is 0 Å². The molecule has 108 valence electrons. The van der Waals surface area contributed by atoms with Crippen LogP contribution in [0.25, 0.3) is 0 Å². The molecule has 3 rings (SSSR count). The summed E-state index contributed by atoms with van der Waals surface area (Å²) in [6, 6.07) is 2.67. The first kappa shape index (κ1) is 13.8. The van der Waals surface area contributed by atoms with Crippen LogP contribution in [0.3, 0.4) is 0 Å². The Kier molecular flexibility index (Phi) is 3.42. The highest BCUT2D eigenvalue weighted by Crippen LogP contribution is 2.33. The third-order valence-corrected chi connectivity index (χ3v) is 4.85. The van der Waals surface area contributed by atoms with E-state index in [2.05, 4.69) is 54.2 Å². The first-order valence-corrected chi connectivity index (χ1v) is 7.96. The average Bonchev–Trinajstić information content (AvgIpc) is 3.01. The number of nitrogens with zero attached hydrogens (tertiary/aromatic N) is 3. The van der Waals surface area contributed by atoms with E-state index in [0.717, 1.165) is 25.4 Å². The molecule has 3 heterocycles. The maximum absolute atomic E-state index is 5.81. The van der Waals surface area contributed by atoms with Gasteiger partial charge < -0.3 is 4.42 Å². The first-order valence-electron chi connectivity index (χ1n) is 7.08. The van der Waals surface area contributed by atoms with E-state index in [9.17, 15) is 0 Å². The minimum absolute atomic E-state index is 0.0840. The Morgan fingerprint density at radius 3 is 2.90 bits per heavy atom. The minimum atomic E-state index is -0.0840. The molecule has 1 aliphatic rings. The first-order chi connectivity index (χ1) is 9.45. The van der Waals surface area contributed by atoms with Crippen molar-refractivity contribution in [3.05, 3.63) is 33.7 Å². The smallest absolute Gasteiger partial charge is 0.230 e. The molecular weight excluding hydrogens is 270 g/mol. The van der Waals surface area contributed by atoms with Crippen molar-refractivity contribution in [2.45, 2.75) is 52.1 Å². The lowest BCUT2D eigenvalue weighted by Crippen LogP contribution is -2.32.